The molecule has 88 valence electrons. The van der Waals surface area contributed by atoms with Crippen molar-refractivity contribution < 1.29 is 14.6 Å². The van der Waals surface area contributed by atoms with Gasteiger partial charge in [0.05, 0.1) is 13.7 Å². The minimum atomic E-state index is -0.0263. The first-order valence-electron chi connectivity index (χ1n) is 5.19. The Bertz CT molecular complexity index is 482. The zero-order valence-corrected chi connectivity index (χ0v) is 9.46. The van der Waals surface area contributed by atoms with Crippen LogP contribution in [0.1, 0.15) is 5.56 Å². The Morgan fingerprint density at radius 1 is 1.12 bits per heavy atom. The molecule has 1 N–H and O–H groups in total. The highest BCUT2D eigenvalue weighted by Crippen LogP contribution is 2.22. The minimum Gasteiger partial charge on any atom is -0.497 e. The summed E-state index contributed by atoms with van der Waals surface area (Å²) in [5.41, 5.74) is 0.767. The molecular weight excluding hydrogens is 218 g/mol. The fourth-order valence-electron chi connectivity index (χ4n) is 1.37. The SMILES string of the molecule is COc1ccc(Oc2cc(CO)ccn2)cc1. The standard InChI is InChI=1S/C13H13NO3/c1-16-11-2-4-12(5-3-11)17-13-8-10(9-15)6-7-14-13/h2-8,15H,9H2,1H3. The highest BCUT2D eigenvalue weighted by atomic mass is 16.5. The van der Waals surface area contributed by atoms with Crippen LogP contribution in [0.5, 0.6) is 17.4 Å². The Labute approximate surface area is 99.5 Å². The third kappa shape index (κ3) is 2.95. The van der Waals surface area contributed by atoms with E-state index < -0.39 is 0 Å². The number of benzene rings is 1. The molecule has 1 aromatic heterocycles. The first-order valence-corrected chi connectivity index (χ1v) is 5.19. The average Bonchev–Trinajstić information content (AvgIpc) is 2.40. The topological polar surface area (TPSA) is 51.6 Å². The van der Waals surface area contributed by atoms with Crippen molar-refractivity contribution in [2.75, 3.05) is 7.11 Å². The van der Waals surface area contributed by atoms with E-state index in [0.717, 1.165) is 11.3 Å². The third-order valence-electron chi connectivity index (χ3n) is 2.26. The van der Waals surface area contributed by atoms with E-state index in [9.17, 15) is 0 Å². The molecule has 4 nitrogen and oxygen atoms in total. The van der Waals surface area contributed by atoms with E-state index in [0.29, 0.717) is 11.6 Å². The van der Waals surface area contributed by atoms with Crippen molar-refractivity contribution in [2.24, 2.45) is 0 Å². The lowest BCUT2D eigenvalue weighted by molar-refractivity contribution is 0.281. The molecule has 0 radical (unpaired) electrons. The molecule has 0 aliphatic rings. The number of pyridine rings is 1. The summed E-state index contributed by atoms with van der Waals surface area (Å²) in [6.07, 6.45) is 1.60. The molecule has 0 spiro atoms. The van der Waals surface area contributed by atoms with Crippen LogP contribution in [-0.4, -0.2) is 17.2 Å². The van der Waals surface area contributed by atoms with Crippen LogP contribution in [0.4, 0.5) is 0 Å². The smallest absolute Gasteiger partial charge is 0.219 e. The summed E-state index contributed by atoms with van der Waals surface area (Å²) in [7, 11) is 1.61. The summed E-state index contributed by atoms with van der Waals surface area (Å²) in [6, 6.07) is 10.7. The fourth-order valence-corrected chi connectivity index (χ4v) is 1.37. The Morgan fingerprint density at radius 3 is 2.47 bits per heavy atom. The predicted molar refractivity (Wildman–Crippen MR) is 63.2 cm³/mol. The van der Waals surface area contributed by atoms with Crippen LogP contribution in [0, 0.1) is 0 Å². The largest absolute Gasteiger partial charge is 0.497 e. The number of hydrogen-bond donors (Lipinski definition) is 1. The van der Waals surface area contributed by atoms with E-state index in [2.05, 4.69) is 4.98 Å². The summed E-state index contributed by atoms with van der Waals surface area (Å²) in [5.74, 6) is 1.91. The molecule has 4 heteroatoms. The zero-order valence-electron chi connectivity index (χ0n) is 9.46. The number of aliphatic hydroxyl groups is 1. The summed E-state index contributed by atoms with van der Waals surface area (Å²) in [6.45, 7) is -0.0263. The number of hydrogen-bond acceptors (Lipinski definition) is 4. The van der Waals surface area contributed by atoms with Crippen LogP contribution in [0.15, 0.2) is 42.6 Å². The molecule has 0 aliphatic heterocycles. The predicted octanol–water partition coefficient (Wildman–Crippen LogP) is 2.37. The van der Waals surface area contributed by atoms with Crippen molar-refractivity contribution in [3.63, 3.8) is 0 Å². The maximum absolute atomic E-state index is 9.00. The number of aromatic nitrogens is 1. The van der Waals surface area contributed by atoms with E-state index >= 15 is 0 Å². The summed E-state index contributed by atoms with van der Waals surface area (Å²) >= 11 is 0. The van der Waals surface area contributed by atoms with Gasteiger partial charge in [-0.25, -0.2) is 4.98 Å². The van der Waals surface area contributed by atoms with Crippen molar-refractivity contribution in [2.45, 2.75) is 6.61 Å². The lowest BCUT2D eigenvalue weighted by Gasteiger charge is -2.06. The Hall–Kier alpha value is -2.07. The number of rotatable bonds is 4. The van der Waals surface area contributed by atoms with Gasteiger partial charge < -0.3 is 14.6 Å². The van der Waals surface area contributed by atoms with Crippen LogP contribution in [0.25, 0.3) is 0 Å². The van der Waals surface area contributed by atoms with E-state index in [1.165, 1.54) is 0 Å². The van der Waals surface area contributed by atoms with Crippen molar-refractivity contribution in [1.29, 1.82) is 0 Å². The maximum atomic E-state index is 9.00. The highest BCUT2D eigenvalue weighted by molar-refractivity contribution is 5.34. The molecule has 2 rings (SSSR count). The molecule has 2 aromatic rings. The average molecular weight is 231 g/mol. The van der Waals surface area contributed by atoms with Gasteiger partial charge in [0, 0.05) is 12.3 Å². The molecule has 0 amide bonds. The van der Waals surface area contributed by atoms with Crippen molar-refractivity contribution in [3.8, 4) is 17.4 Å². The molecule has 0 saturated carbocycles. The zero-order chi connectivity index (χ0) is 12.1. The first-order chi connectivity index (χ1) is 8.31. The molecule has 0 aliphatic carbocycles. The third-order valence-corrected chi connectivity index (χ3v) is 2.26. The second kappa shape index (κ2) is 5.32. The lowest BCUT2D eigenvalue weighted by Crippen LogP contribution is -1.90. The van der Waals surface area contributed by atoms with Gasteiger partial charge in [0.25, 0.3) is 0 Å². The number of aliphatic hydroxyl groups excluding tert-OH is 1. The van der Waals surface area contributed by atoms with Crippen molar-refractivity contribution in [3.05, 3.63) is 48.2 Å². The van der Waals surface area contributed by atoms with Gasteiger partial charge >= 0.3 is 0 Å². The highest BCUT2D eigenvalue weighted by Gasteiger charge is 2.00. The van der Waals surface area contributed by atoms with Crippen LogP contribution >= 0.6 is 0 Å². The monoisotopic (exact) mass is 231 g/mol. The van der Waals surface area contributed by atoms with Crippen LogP contribution in [0.3, 0.4) is 0 Å². The number of methoxy groups -OCH3 is 1. The van der Waals surface area contributed by atoms with Crippen LogP contribution in [0.2, 0.25) is 0 Å². The molecular formula is C13H13NO3. The Morgan fingerprint density at radius 2 is 1.82 bits per heavy atom. The molecule has 1 aromatic carbocycles. The van der Waals surface area contributed by atoms with Gasteiger partial charge in [-0.05, 0) is 35.9 Å². The van der Waals surface area contributed by atoms with Gasteiger partial charge in [-0.15, -0.1) is 0 Å². The minimum absolute atomic E-state index is 0.0263. The fraction of sp³-hybridized carbons (Fsp3) is 0.154. The van der Waals surface area contributed by atoms with E-state index in [4.69, 9.17) is 14.6 Å². The molecule has 1 heterocycles. The van der Waals surface area contributed by atoms with Gasteiger partial charge in [0.15, 0.2) is 0 Å². The second-order valence-corrected chi connectivity index (χ2v) is 3.44. The van der Waals surface area contributed by atoms with Gasteiger partial charge in [-0.2, -0.15) is 0 Å². The lowest BCUT2D eigenvalue weighted by atomic mass is 10.3. The Balaban J connectivity index is 2.13. The van der Waals surface area contributed by atoms with Gasteiger partial charge in [0.1, 0.15) is 11.5 Å². The van der Waals surface area contributed by atoms with E-state index in [1.807, 2.05) is 12.1 Å². The maximum Gasteiger partial charge on any atom is 0.219 e. The molecule has 0 saturated heterocycles. The first kappa shape index (κ1) is 11.4. The van der Waals surface area contributed by atoms with Gasteiger partial charge in [-0.3, -0.25) is 0 Å². The van der Waals surface area contributed by atoms with Gasteiger partial charge in [0.2, 0.25) is 5.88 Å². The Kier molecular flexibility index (Phi) is 3.57. The van der Waals surface area contributed by atoms with Crippen LogP contribution < -0.4 is 9.47 Å². The molecule has 0 bridgehead atoms. The van der Waals surface area contributed by atoms with Crippen LogP contribution in [-0.2, 0) is 6.61 Å². The van der Waals surface area contributed by atoms with Crippen molar-refractivity contribution >= 4 is 0 Å². The second-order valence-electron chi connectivity index (χ2n) is 3.44. The quantitative estimate of drug-likeness (QED) is 0.877. The van der Waals surface area contributed by atoms with E-state index in [-0.39, 0.29) is 6.61 Å². The normalized spacial score (nSPS) is 10.0. The molecule has 0 fully saturated rings. The molecule has 0 unspecified atom stereocenters. The molecule has 17 heavy (non-hydrogen) atoms. The summed E-state index contributed by atoms with van der Waals surface area (Å²) in [5, 5.41) is 9.00. The molecule has 0 atom stereocenters. The number of nitrogens with zero attached hydrogens (tertiary/aromatic N) is 1. The van der Waals surface area contributed by atoms with Crippen molar-refractivity contribution in [1.82, 2.24) is 4.98 Å². The summed E-state index contributed by atoms with van der Waals surface area (Å²) in [4.78, 5) is 4.06. The van der Waals surface area contributed by atoms with E-state index in [1.54, 1.807) is 37.6 Å². The summed E-state index contributed by atoms with van der Waals surface area (Å²) < 4.78 is 10.6. The van der Waals surface area contributed by atoms with Gasteiger partial charge in [-0.1, -0.05) is 0 Å². The number of ether oxygens (including phenoxy) is 2.